The van der Waals surface area contributed by atoms with Gasteiger partial charge in [-0.25, -0.2) is 4.79 Å². The van der Waals surface area contributed by atoms with E-state index in [0.29, 0.717) is 0 Å². The standard InChI is InChI=1S/C5H7O5P/c1-2-4(6)10-3-5(7)11(8)9/h2,5,7H,1,3H2. The Morgan fingerprint density at radius 1 is 1.91 bits per heavy atom. The lowest BCUT2D eigenvalue weighted by Crippen LogP contribution is -2.17. The number of rotatable bonds is 4. The van der Waals surface area contributed by atoms with Gasteiger partial charge < -0.3 is 14.7 Å². The van der Waals surface area contributed by atoms with Crippen LogP contribution in [-0.4, -0.2) is 23.5 Å². The molecule has 5 nitrogen and oxygen atoms in total. The molecular weight excluding hydrogens is 171 g/mol. The van der Waals surface area contributed by atoms with E-state index in [1.54, 1.807) is 0 Å². The van der Waals surface area contributed by atoms with Crippen molar-refractivity contribution < 1.29 is 24.1 Å². The first-order chi connectivity index (χ1) is 5.07. The normalized spacial score (nSPS) is 13.5. The number of carbonyl (C=O) groups is 1. The van der Waals surface area contributed by atoms with Gasteiger partial charge in [0.25, 0.3) is 5.85 Å². The molecule has 62 valence electrons. The molecule has 0 fully saturated rings. The first-order valence-electron chi connectivity index (χ1n) is 2.68. The average Bonchev–Trinajstić information content (AvgIpc) is 1.99. The van der Waals surface area contributed by atoms with E-state index >= 15 is 0 Å². The number of esters is 1. The van der Waals surface area contributed by atoms with E-state index < -0.39 is 26.4 Å². The highest BCUT2D eigenvalue weighted by atomic mass is 31.1. The Labute approximate surface area is 64.2 Å². The van der Waals surface area contributed by atoms with Crippen molar-refractivity contribution in [2.45, 2.75) is 5.85 Å². The van der Waals surface area contributed by atoms with Gasteiger partial charge in [-0.2, -0.15) is 0 Å². The number of hydrogen-bond donors (Lipinski definition) is 1. The number of aliphatic hydroxyl groups excluding tert-OH is 1. The molecule has 2 atom stereocenters. The fourth-order valence-electron chi connectivity index (χ4n) is 0.276. The molecule has 6 heteroatoms. The number of hydrogen-bond acceptors (Lipinski definition) is 5. The van der Waals surface area contributed by atoms with Gasteiger partial charge in [0.1, 0.15) is 0 Å². The molecule has 0 aliphatic carbocycles. The molecule has 0 saturated carbocycles. The Hall–Kier alpha value is -0.770. The smallest absolute Gasteiger partial charge is 0.344 e. The van der Waals surface area contributed by atoms with Crippen LogP contribution in [-0.2, 0) is 14.1 Å². The van der Waals surface area contributed by atoms with Crippen molar-refractivity contribution in [3.05, 3.63) is 12.7 Å². The largest absolute Gasteiger partial charge is 0.593 e. The second-order valence-corrected chi connectivity index (χ2v) is 2.77. The van der Waals surface area contributed by atoms with E-state index in [0.717, 1.165) is 6.08 Å². The van der Waals surface area contributed by atoms with Gasteiger partial charge in [0.2, 0.25) is 0 Å². The second kappa shape index (κ2) is 4.96. The quantitative estimate of drug-likeness (QED) is 0.343. The summed E-state index contributed by atoms with van der Waals surface area (Å²) in [6.07, 6.45) is 0.880. The summed E-state index contributed by atoms with van der Waals surface area (Å²) in [5.74, 6) is -2.39. The van der Waals surface area contributed by atoms with Crippen molar-refractivity contribution >= 4 is 14.0 Å². The summed E-state index contributed by atoms with van der Waals surface area (Å²) in [5.41, 5.74) is 0. The van der Waals surface area contributed by atoms with E-state index in [1.807, 2.05) is 0 Å². The molecule has 11 heavy (non-hydrogen) atoms. The monoisotopic (exact) mass is 178 g/mol. The maximum absolute atomic E-state index is 10.3. The van der Waals surface area contributed by atoms with E-state index in [2.05, 4.69) is 11.3 Å². The molecule has 0 aromatic heterocycles. The van der Waals surface area contributed by atoms with Crippen LogP contribution < -0.4 is 4.89 Å². The third kappa shape index (κ3) is 4.61. The van der Waals surface area contributed by atoms with Crippen LogP contribution in [0.25, 0.3) is 0 Å². The van der Waals surface area contributed by atoms with E-state index in [1.165, 1.54) is 0 Å². The molecule has 0 aromatic rings. The van der Waals surface area contributed by atoms with Crippen molar-refractivity contribution in [3.63, 3.8) is 0 Å². The van der Waals surface area contributed by atoms with Crippen molar-refractivity contribution in [1.29, 1.82) is 0 Å². The first-order valence-corrected chi connectivity index (χ1v) is 3.93. The van der Waals surface area contributed by atoms with Crippen LogP contribution in [0.15, 0.2) is 12.7 Å². The fraction of sp³-hybridized carbons (Fsp3) is 0.400. The molecule has 2 unspecified atom stereocenters. The molecule has 0 amide bonds. The van der Waals surface area contributed by atoms with Crippen molar-refractivity contribution in [1.82, 2.24) is 0 Å². The maximum Gasteiger partial charge on any atom is 0.344 e. The van der Waals surface area contributed by atoms with Crippen LogP contribution in [0.4, 0.5) is 0 Å². The highest BCUT2D eigenvalue weighted by molar-refractivity contribution is 7.37. The minimum atomic E-state index is -2.95. The topological polar surface area (TPSA) is 86.7 Å². The van der Waals surface area contributed by atoms with Crippen molar-refractivity contribution in [2.24, 2.45) is 0 Å². The van der Waals surface area contributed by atoms with Gasteiger partial charge in [0.15, 0.2) is 6.61 Å². The summed E-state index contributed by atoms with van der Waals surface area (Å²) in [5, 5.41) is 8.56. The summed E-state index contributed by atoms with van der Waals surface area (Å²) in [6.45, 7) is 2.52. The van der Waals surface area contributed by atoms with E-state index in [-0.39, 0.29) is 0 Å². The Morgan fingerprint density at radius 2 is 2.45 bits per heavy atom. The zero-order chi connectivity index (χ0) is 8.85. The fourth-order valence-corrected chi connectivity index (χ4v) is 0.473. The summed E-state index contributed by atoms with van der Waals surface area (Å²) in [4.78, 5) is 20.3. The molecule has 0 radical (unpaired) electrons. The van der Waals surface area contributed by atoms with Gasteiger partial charge >= 0.3 is 14.0 Å². The highest BCUT2D eigenvalue weighted by Crippen LogP contribution is 2.14. The van der Waals surface area contributed by atoms with Gasteiger partial charge in [-0.3, -0.25) is 0 Å². The second-order valence-electron chi connectivity index (χ2n) is 1.60. The molecule has 1 N–H and O–H groups in total. The lowest BCUT2D eigenvalue weighted by Gasteiger charge is -2.01. The molecule has 0 bridgehead atoms. The Balaban J connectivity index is 3.62. The third-order valence-electron chi connectivity index (χ3n) is 0.785. The van der Waals surface area contributed by atoms with Gasteiger partial charge in [-0.15, -0.1) is 0 Å². The van der Waals surface area contributed by atoms with Gasteiger partial charge in [-0.1, -0.05) is 11.1 Å². The van der Waals surface area contributed by atoms with Crippen LogP contribution in [0.1, 0.15) is 0 Å². The average molecular weight is 178 g/mol. The predicted octanol–water partition coefficient (Wildman–Crippen LogP) is -0.863. The van der Waals surface area contributed by atoms with E-state index in [9.17, 15) is 14.3 Å². The minimum Gasteiger partial charge on any atom is -0.593 e. The number of ether oxygens (including phenoxy) is 1. The van der Waals surface area contributed by atoms with Gasteiger partial charge in [0, 0.05) is 6.08 Å². The lowest BCUT2D eigenvalue weighted by atomic mass is 10.6. The number of carbonyl (C=O) groups excluding carboxylic acids is 1. The summed E-state index contributed by atoms with van der Waals surface area (Å²) in [7, 11) is -2.95. The molecule has 0 rings (SSSR count). The molecule has 0 aliphatic heterocycles. The molecule has 0 spiro atoms. The van der Waals surface area contributed by atoms with Crippen LogP contribution in [0.2, 0.25) is 0 Å². The van der Waals surface area contributed by atoms with Gasteiger partial charge in [-0.05, 0) is 0 Å². The van der Waals surface area contributed by atoms with Crippen LogP contribution in [0.5, 0.6) is 0 Å². The number of aliphatic hydroxyl groups is 1. The zero-order valence-electron chi connectivity index (χ0n) is 5.60. The summed E-state index contributed by atoms with van der Waals surface area (Å²) < 4.78 is 14.2. The summed E-state index contributed by atoms with van der Waals surface area (Å²) in [6, 6.07) is 0. The molecular formula is C5H7O5P. The summed E-state index contributed by atoms with van der Waals surface area (Å²) >= 11 is 0. The molecule has 0 aromatic carbocycles. The predicted molar refractivity (Wildman–Crippen MR) is 34.8 cm³/mol. The Morgan fingerprint density at radius 3 is 2.82 bits per heavy atom. The molecule has 0 aliphatic rings. The first kappa shape index (κ1) is 10.2. The van der Waals surface area contributed by atoms with Crippen molar-refractivity contribution in [3.8, 4) is 0 Å². The van der Waals surface area contributed by atoms with Gasteiger partial charge in [0.05, 0.1) is 0 Å². The maximum atomic E-state index is 10.3. The highest BCUT2D eigenvalue weighted by Gasteiger charge is 2.18. The Kier molecular flexibility index (Phi) is 4.61. The Bertz CT molecular complexity index is 178. The lowest BCUT2D eigenvalue weighted by molar-refractivity contribution is -0.174. The molecule has 0 heterocycles. The molecule has 0 saturated heterocycles. The SMILES string of the molecule is C=CC(=O)OCC(O)[P+](=O)[O-]. The minimum absolute atomic E-state index is 0.552. The van der Waals surface area contributed by atoms with Crippen molar-refractivity contribution in [2.75, 3.05) is 6.61 Å². The van der Waals surface area contributed by atoms with Crippen LogP contribution >= 0.6 is 8.03 Å². The van der Waals surface area contributed by atoms with Crippen LogP contribution in [0, 0.1) is 0 Å². The zero-order valence-corrected chi connectivity index (χ0v) is 6.49. The van der Waals surface area contributed by atoms with E-state index in [4.69, 9.17) is 5.11 Å². The third-order valence-corrected chi connectivity index (χ3v) is 1.42. The van der Waals surface area contributed by atoms with Crippen LogP contribution in [0.3, 0.4) is 0 Å².